The molecule has 1 heteroatoms. The smallest absolute Gasteiger partial charge is 0.137 e. The molecule has 0 heterocycles. The van der Waals surface area contributed by atoms with Crippen molar-refractivity contribution in [2.75, 3.05) is 0 Å². The fourth-order valence-electron chi connectivity index (χ4n) is 2.54. The monoisotopic (exact) mass is 326 g/mol. The molecular weight excluding hydrogens is 304 g/mol. The maximum atomic E-state index is 6.20. The third-order valence-corrected chi connectivity index (χ3v) is 3.96. The first-order valence-electron chi connectivity index (χ1n) is 8.46. The lowest BCUT2D eigenvalue weighted by atomic mass is 10.1. The van der Waals surface area contributed by atoms with Crippen LogP contribution in [0.1, 0.15) is 23.6 Å². The van der Waals surface area contributed by atoms with E-state index in [1.165, 1.54) is 11.1 Å². The summed E-state index contributed by atoms with van der Waals surface area (Å²) in [4.78, 5) is 0. The molecule has 124 valence electrons. The minimum Gasteiger partial charge on any atom is -0.456 e. The van der Waals surface area contributed by atoms with Gasteiger partial charge < -0.3 is 4.74 Å². The first-order chi connectivity index (χ1) is 12.2. The number of hydrogen-bond acceptors (Lipinski definition) is 1. The maximum absolute atomic E-state index is 6.20. The Morgan fingerprint density at radius 2 is 1.36 bits per heavy atom. The van der Waals surface area contributed by atoms with E-state index in [0.717, 1.165) is 22.6 Å². The van der Waals surface area contributed by atoms with Crippen LogP contribution in [0.15, 0.2) is 96.6 Å². The topological polar surface area (TPSA) is 9.23 Å². The van der Waals surface area contributed by atoms with Crippen molar-refractivity contribution >= 4 is 11.8 Å². The fraction of sp³-hybridized carbons (Fsp3) is 0.0833. The predicted octanol–water partition coefficient (Wildman–Crippen LogP) is 6.52. The summed E-state index contributed by atoms with van der Waals surface area (Å²) in [5.41, 5.74) is 4.59. The molecule has 0 aliphatic heterocycles. The lowest BCUT2D eigenvalue weighted by Crippen LogP contribution is -1.97. The zero-order chi connectivity index (χ0) is 17.5. The van der Waals surface area contributed by atoms with Crippen molar-refractivity contribution in [1.29, 1.82) is 0 Å². The second kappa shape index (κ2) is 8.16. The Kier molecular flexibility index (Phi) is 5.48. The first-order valence-corrected chi connectivity index (χ1v) is 8.46. The summed E-state index contributed by atoms with van der Waals surface area (Å²) >= 11 is 0. The molecule has 0 spiro atoms. The van der Waals surface area contributed by atoms with Gasteiger partial charge in [0.1, 0.15) is 11.5 Å². The number of allylic oxidation sites excluding steroid dienone is 2. The number of benzene rings is 3. The van der Waals surface area contributed by atoms with Crippen molar-refractivity contribution in [3.8, 4) is 5.75 Å². The highest BCUT2D eigenvalue weighted by molar-refractivity contribution is 5.69. The third-order valence-electron chi connectivity index (χ3n) is 3.96. The molecule has 3 aromatic rings. The van der Waals surface area contributed by atoms with Crippen LogP contribution in [0.5, 0.6) is 5.75 Å². The second-order valence-electron chi connectivity index (χ2n) is 6.04. The second-order valence-corrected chi connectivity index (χ2v) is 6.04. The Hall–Kier alpha value is -3.06. The summed E-state index contributed by atoms with van der Waals surface area (Å²) in [6.45, 7) is 4.18. The largest absolute Gasteiger partial charge is 0.456 e. The number of aryl methyl sites for hydroxylation is 1. The molecule has 0 saturated carbocycles. The molecular formula is C24H22O. The van der Waals surface area contributed by atoms with Gasteiger partial charge >= 0.3 is 0 Å². The highest BCUT2D eigenvalue weighted by Gasteiger charge is 2.07. The quantitative estimate of drug-likeness (QED) is 0.383. The van der Waals surface area contributed by atoms with Gasteiger partial charge in [-0.25, -0.2) is 0 Å². The van der Waals surface area contributed by atoms with E-state index in [0.29, 0.717) is 0 Å². The van der Waals surface area contributed by atoms with Gasteiger partial charge in [0.05, 0.1) is 0 Å². The van der Waals surface area contributed by atoms with Crippen molar-refractivity contribution in [3.63, 3.8) is 0 Å². The van der Waals surface area contributed by atoms with Gasteiger partial charge in [-0.1, -0.05) is 90.5 Å². The molecule has 1 nitrogen and oxygen atoms in total. The van der Waals surface area contributed by atoms with E-state index in [2.05, 4.69) is 62.4 Å². The summed E-state index contributed by atoms with van der Waals surface area (Å²) in [7, 11) is 0. The Bertz CT molecular complexity index is 857. The van der Waals surface area contributed by atoms with E-state index in [9.17, 15) is 0 Å². The maximum Gasteiger partial charge on any atom is 0.137 e. The van der Waals surface area contributed by atoms with Crippen LogP contribution in [0.3, 0.4) is 0 Å². The molecule has 0 radical (unpaired) electrons. The fourth-order valence-corrected chi connectivity index (χ4v) is 2.54. The first kappa shape index (κ1) is 16.8. The standard InChI is InChI=1S/C24H22O/c1-19-13-16-21(17-14-19)18-15-20(2)24(22-9-5-3-6-10-22)25-23-11-7-4-8-12-23/h3-18H,1-2H3. The third kappa shape index (κ3) is 4.71. The Labute approximate surface area is 149 Å². The van der Waals surface area contributed by atoms with Crippen molar-refractivity contribution in [1.82, 2.24) is 0 Å². The van der Waals surface area contributed by atoms with Crippen molar-refractivity contribution in [2.45, 2.75) is 13.8 Å². The Morgan fingerprint density at radius 3 is 2.00 bits per heavy atom. The van der Waals surface area contributed by atoms with E-state index in [1.54, 1.807) is 0 Å². The Morgan fingerprint density at radius 1 is 0.760 bits per heavy atom. The van der Waals surface area contributed by atoms with Crippen molar-refractivity contribution in [2.24, 2.45) is 0 Å². The van der Waals surface area contributed by atoms with Gasteiger partial charge in [0, 0.05) is 5.56 Å². The summed E-state index contributed by atoms with van der Waals surface area (Å²) in [5, 5.41) is 0. The molecule has 3 aromatic carbocycles. The number of rotatable bonds is 5. The van der Waals surface area contributed by atoms with Gasteiger partial charge in [0.2, 0.25) is 0 Å². The van der Waals surface area contributed by atoms with Crippen LogP contribution >= 0.6 is 0 Å². The summed E-state index contributed by atoms with van der Waals surface area (Å²) < 4.78 is 6.20. The Balaban J connectivity index is 1.94. The van der Waals surface area contributed by atoms with Gasteiger partial charge in [-0.05, 0) is 37.1 Å². The molecule has 0 amide bonds. The molecule has 0 aliphatic rings. The molecule has 0 atom stereocenters. The van der Waals surface area contributed by atoms with Gasteiger partial charge in [0.25, 0.3) is 0 Å². The van der Waals surface area contributed by atoms with Crippen LogP contribution in [0.25, 0.3) is 11.8 Å². The predicted molar refractivity (Wildman–Crippen MR) is 106 cm³/mol. The van der Waals surface area contributed by atoms with E-state index in [4.69, 9.17) is 4.74 Å². The number of ether oxygens (including phenoxy) is 1. The molecule has 3 rings (SSSR count). The van der Waals surface area contributed by atoms with Crippen LogP contribution in [0.4, 0.5) is 0 Å². The average Bonchev–Trinajstić information content (AvgIpc) is 2.67. The summed E-state index contributed by atoms with van der Waals surface area (Å²) in [6, 6.07) is 28.6. The van der Waals surface area contributed by atoms with Crippen LogP contribution < -0.4 is 4.74 Å². The van der Waals surface area contributed by atoms with Crippen molar-refractivity contribution in [3.05, 3.63) is 113 Å². The number of hydrogen-bond donors (Lipinski definition) is 0. The van der Waals surface area contributed by atoms with Gasteiger partial charge in [0.15, 0.2) is 0 Å². The minimum atomic E-state index is 0.837. The molecule has 0 bridgehead atoms. The molecule has 0 N–H and O–H groups in total. The van der Waals surface area contributed by atoms with Gasteiger partial charge in [-0.3, -0.25) is 0 Å². The lowest BCUT2D eigenvalue weighted by Gasteiger charge is -2.13. The summed E-state index contributed by atoms with van der Waals surface area (Å²) in [5.74, 6) is 1.71. The highest BCUT2D eigenvalue weighted by Crippen LogP contribution is 2.24. The lowest BCUT2D eigenvalue weighted by molar-refractivity contribution is 0.511. The molecule has 0 unspecified atom stereocenters. The highest BCUT2D eigenvalue weighted by atomic mass is 16.5. The normalized spacial score (nSPS) is 12.1. The zero-order valence-electron chi connectivity index (χ0n) is 14.6. The van der Waals surface area contributed by atoms with Gasteiger partial charge in [-0.15, -0.1) is 0 Å². The molecule has 0 aromatic heterocycles. The van der Waals surface area contributed by atoms with E-state index in [1.807, 2.05) is 48.5 Å². The van der Waals surface area contributed by atoms with E-state index < -0.39 is 0 Å². The van der Waals surface area contributed by atoms with Crippen LogP contribution in [0, 0.1) is 6.92 Å². The molecule has 25 heavy (non-hydrogen) atoms. The van der Waals surface area contributed by atoms with Crippen LogP contribution in [-0.2, 0) is 0 Å². The van der Waals surface area contributed by atoms with E-state index in [-0.39, 0.29) is 0 Å². The van der Waals surface area contributed by atoms with Crippen LogP contribution in [0.2, 0.25) is 0 Å². The zero-order valence-corrected chi connectivity index (χ0v) is 14.6. The molecule has 0 fully saturated rings. The molecule has 0 aliphatic carbocycles. The van der Waals surface area contributed by atoms with Crippen LogP contribution in [-0.4, -0.2) is 0 Å². The van der Waals surface area contributed by atoms with Crippen molar-refractivity contribution < 1.29 is 4.74 Å². The number of para-hydroxylation sites is 1. The van der Waals surface area contributed by atoms with E-state index >= 15 is 0 Å². The SMILES string of the molecule is CC(C=Cc1ccc(C)cc1)=C(Oc1ccccc1)c1ccccc1. The summed E-state index contributed by atoms with van der Waals surface area (Å²) in [6.07, 6.45) is 4.22. The average molecular weight is 326 g/mol. The minimum absolute atomic E-state index is 0.837. The van der Waals surface area contributed by atoms with Gasteiger partial charge in [-0.2, -0.15) is 0 Å². The molecule has 0 saturated heterocycles.